The number of ether oxygens (including phenoxy) is 2. The van der Waals surface area contributed by atoms with Crippen molar-refractivity contribution in [1.82, 2.24) is 36.0 Å². The largest absolute Gasteiger partial charge is 0.490 e. The van der Waals surface area contributed by atoms with Gasteiger partial charge in [0.1, 0.15) is 30.4 Å². The van der Waals surface area contributed by atoms with Crippen LogP contribution in [0.15, 0.2) is 72.9 Å². The van der Waals surface area contributed by atoms with Crippen LogP contribution in [-0.4, -0.2) is 143 Å². The third kappa shape index (κ3) is 13.5. The highest BCUT2D eigenvalue weighted by molar-refractivity contribution is 6.05. The van der Waals surface area contributed by atoms with Gasteiger partial charge in [0.15, 0.2) is 5.82 Å². The summed E-state index contributed by atoms with van der Waals surface area (Å²) in [4.78, 5) is 70.4. The SMILES string of the molecule is CC1CNCCN1CCOc1cc(N2C3CCC2CN(c2cc(-c4ccccc4OCc4ccc(NC(=O)[C@H](CCCNC(N)=O)NC(=O)C5(C(=O)O)CCC5)cc4)nnc2N)C3)ccn1.O=C(O)C(F)(F)F. The fourth-order valence-electron chi connectivity index (χ4n) is 9.45. The molecule has 21 nitrogen and oxygen atoms in total. The van der Waals surface area contributed by atoms with Crippen molar-refractivity contribution >= 4 is 52.7 Å². The first-order chi connectivity index (χ1) is 34.9. The molecule has 2 aromatic heterocycles. The van der Waals surface area contributed by atoms with Gasteiger partial charge in [-0.2, -0.15) is 13.2 Å². The van der Waals surface area contributed by atoms with Gasteiger partial charge in [-0.05, 0) is 87.4 Å². The van der Waals surface area contributed by atoms with Crippen LogP contribution < -0.4 is 52.0 Å². The number of benzene rings is 2. The van der Waals surface area contributed by atoms with Crippen molar-refractivity contribution in [3.8, 4) is 22.9 Å². The van der Waals surface area contributed by atoms with E-state index in [1.807, 2.05) is 48.7 Å². The molecule has 4 aromatic rings. The van der Waals surface area contributed by atoms with E-state index >= 15 is 0 Å². The molecule has 24 heteroatoms. The number of urea groups is 1. The van der Waals surface area contributed by atoms with Crippen LogP contribution in [0.3, 0.4) is 0 Å². The Morgan fingerprint density at radius 1 is 0.973 bits per heavy atom. The van der Waals surface area contributed by atoms with E-state index in [2.05, 4.69) is 70.2 Å². The van der Waals surface area contributed by atoms with Crippen LogP contribution in [0.4, 0.5) is 40.8 Å². The highest BCUT2D eigenvalue weighted by atomic mass is 19.4. The second kappa shape index (κ2) is 23.8. The van der Waals surface area contributed by atoms with Gasteiger partial charge in [-0.25, -0.2) is 14.6 Å². The molecule has 392 valence electrons. The molecule has 10 N–H and O–H groups in total. The van der Waals surface area contributed by atoms with E-state index in [1.165, 1.54) is 0 Å². The van der Waals surface area contributed by atoms with Gasteiger partial charge in [0.05, 0.1) is 11.4 Å². The molecule has 2 bridgehead atoms. The summed E-state index contributed by atoms with van der Waals surface area (Å²) in [6.45, 7) is 8.65. The maximum atomic E-state index is 13.4. The number of rotatable bonds is 19. The number of amides is 4. The molecule has 2 aromatic carbocycles. The number of anilines is 4. The number of aromatic nitrogens is 3. The standard InChI is InChI=1S/C47H60N12O7.C2HF3O2/c1-30-26-50-20-21-57(30)22-23-65-41-24-33(15-19-51-41)59-34-13-14-35(59)28-58(27-34)39-25-38(55-56-42(39)48)36-6-2-3-8-40(36)66-29-31-9-11-32(12-10-31)53-43(60)37(7-4-18-52-46(49)64)54-44(61)47(45(62)63)16-5-17-47;3-2(4,5)1(6)7/h2-3,6,8-12,15,19,24-25,30,34-35,37,50H,4-5,7,13-14,16-18,20-23,26-29H2,1H3,(H2,48,56)(H,53,60)(H,54,61)(H,62,63)(H3,49,52,64);(H,6,7)/t30?,34?,35?,37-;/m0./s1. The fourth-order valence-corrected chi connectivity index (χ4v) is 9.45. The molecule has 3 saturated heterocycles. The molecule has 3 aliphatic heterocycles. The number of alkyl halides is 3. The van der Waals surface area contributed by atoms with E-state index < -0.39 is 47.4 Å². The van der Waals surface area contributed by atoms with E-state index in [1.54, 1.807) is 12.1 Å². The number of carboxylic acids is 2. The molecule has 3 unspecified atom stereocenters. The number of hydrogen-bond acceptors (Lipinski definition) is 15. The Morgan fingerprint density at radius 2 is 1.68 bits per heavy atom. The number of carbonyl (C=O) groups excluding carboxylic acids is 3. The molecule has 8 rings (SSSR count). The van der Waals surface area contributed by atoms with Crippen molar-refractivity contribution in [1.29, 1.82) is 0 Å². The number of nitrogen functional groups attached to an aromatic ring is 1. The molecular weight excluding hydrogens is 958 g/mol. The Kier molecular flexibility index (Phi) is 17.4. The number of halogens is 3. The van der Waals surface area contributed by atoms with Crippen LogP contribution in [0.5, 0.6) is 11.6 Å². The maximum absolute atomic E-state index is 13.4. The maximum Gasteiger partial charge on any atom is 0.490 e. The number of fused-ring (bicyclic) bond motifs is 2. The molecule has 0 radical (unpaired) electrons. The summed E-state index contributed by atoms with van der Waals surface area (Å²) in [6, 6.07) is 20.1. The molecule has 1 saturated carbocycles. The number of pyridine rings is 1. The van der Waals surface area contributed by atoms with Crippen molar-refractivity contribution in [3.63, 3.8) is 0 Å². The van der Waals surface area contributed by atoms with Crippen LogP contribution in [0.1, 0.15) is 57.4 Å². The summed E-state index contributed by atoms with van der Waals surface area (Å²) in [5.74, 6) is -3.56. The zero-order valence-corrected chi connectivity index (χ0v) is 40.3. The monoisotopic (exact) mass is 1020 g/mol. The topological polar surface area (TPSA) is 293 Å². The van der Waals surface area contributed by atoms with Gasteiger partial charge in [-0.1, -0.05) is 30.7 Å². The summed E-state index contributed by atoms with van der Waals surface area (Å²) >= 11 is 0. The van der Waals surface area contributed by atoms with Crippen molar-refractivity contribution in [3.05, 3.63) is 78.5 Å². The number of aliphatic carboxylic acids is 2. The molecular formula is C49H61F3N12O9. The number of nitrogens with two attached hydrogens (primary N) is 2. The molecule has 1 aliphatic carbocycles. The predicted molar refractivity (Wildman–Crippen MR) is 263 cm³/mol. The summed E-state index contributed by atoms with van der Waals surface area (Å²) < 4.78 is 44.2. The quantitative estimate of drug-likeness (QED) is 0.0487. The molecule has 4 amide bonds. The smallest absolute Gasteiger partial charge is 0.488 e. The third-order valence-corrected chi connectivity index (χ3v) is 13.6. The number of primary amides is 1. The van der Waals surface area contributed by atoms with Crippen molar-refractivity contribution in [2.24, 2.45) is 11.1 Å². The average Bonchev–Trinajstić information content (AvgIpc) is 3.61. The predicted octanol–water partition coefficient (Wildman–Crippen LogP) is 3.99. The van der Waals surface area contributed by atoms with Crippen molar-refractivity contribution in [2.75, 3.05) is 73.3 Å². The molecule has 4 fully saturated rings. The van der Waals surface area contributed by atoms with Crippen LogP contribution in [0.25, 0.3) is 11.3 Å². The van der Waals surface area contributed by atoms with E-state index in [4.69, 9.17) is 30.8 Å². The second-order valence-corrected chi connectivity index (χ2v) is 18.5. The number of carbonyl (C=O) groups is 5. The first-order valence-electron chi connectivity index (χ1n) is 24.1. The van der Waals surface area contributed by atoms with Gasteiger partial charge in [0, 0.05) is 93.1 Å². The van der Waals surface area contributed by atoms with Gasteiger partial charge >= 0.3 is 24.1 Å². The van der Waals surface area contributed by atoms with Gasteiger partial charge in [0.2, 0.25) is 17.7 Å². The molecule has 4 atom stereocenters. The zero-order chi connectivity index (χ0) is 52.3. The Morgan fingerprint density at radius 3 is 2.33 bits per heavy atom. The van der Waals surface area contributed by atoms with E-state index in [-0.39, 0.29) is 44.5 Å². The number of hydrogen-bond donors (Lipinski definition) is 8. The molecule has 73 heavy (non-hydrogen) atoms. The number of nitrogens with zero attached hydrogens (tertiary/aromatic N) is 6. The first kappa shape index (κ1) is 53.3. The lowest BCUT2D eigenvalue weighted by Crippen LogP contribution is -2.55. The fraction of sp³-hybridized carbons (Fsp3) is 0.469. The molecule has 4 aliphatic rings. The van der Waals surface area contributed by atoms with Crippen LogP contribution in [0.2, 0.25) is 0 Å². The van der Waals surface area contributed by atoms with Crippen LogP contribution in [-0.2, 0) is 25.8 Å². The van der Waals surface area contributed by atoms with Crippen molar-refractivity contribution < 1.29 is 56.8 Å². The minimum Gasteiger partial charge on any atom is -0.488 e. The highest BCUT2D eigenvalue weighted by Gasteiger charge is 2.52. The van der Waals surface area contributed by atoms with Gasteiger partial charge in [-0.3, -0.25) is 19.3 Å². The zero-order valence-electron chi connectivity index (χ0n) is 40.3. The second-order valence-electron chi connectivity index (χ2n) is 18.5. The van der Waals surface area contributed by atoms with Crippen LogP contribution >= 0.6 is 0 Å². The minimum absolute atomic E-state index is 0.150. The van der Waals surface area contributed by atoms with Crippen LogP contribution in [0, 0.1) is 5.41 Å². The first-order valence-corrected chi connectivity index (χ1v) is 24.1. The highest BCUT2D eigenvalue weighted by Crippen LogP contribution is 2.42. The van der Waals surface area contributed by atoms with Gasteiger partial charge < -0.3 is 62.2 Å². The lowest BCUT2D eigenvalue weighted by atomic mass is 9.68. The lowest BCUT2D eigenvalue weighted by molar-refractivity contribution is -0.192. The Balaban J connectivity index is 0.00000104. The average molecular weight is 1020 g/mol. The summed E-state index contributed by atoms with van der Waals surface area (Å²) in [5, 5.41) is 37.2. The number of para-hydroxylation sites is 1. The lowest BCUT2D eigenvalue weighted by Gasteiger charge is -2.43. The van der Waals surface area contributed by atoms with E-state index in [0.717, 1.165) is 74.6 Å². The Hall–Kier alpha value is -7.47. The Bertz CT molecular complexity index is 2580. The minimum atomic E-state index is -5.08. The molecule has 0 spiro atoms. The normalized spacial score (nSPS) is 19.5. The van der Waals surface area contributed by atoms with E-state index in [0.29, 0.717) is 54.3 Å². The van der Waals surface area contributed by atoms with E-state index in [9.17, 15) is 37.5 Å². The summed E-state index contributed by atoms with van der Waals surface area (Å²) in [5.41, 5.74) is 14.8. The third-order valence-electron chi connectivity index (χ3n) is 13.6. The van der Waals surface area contributed by atoms with Gasteiger partial charge in [-0.15, -0.1) is 10.2 Å². The number of carboxylic acid groups (broad SMARTS) is 2. The molecule has 5 heterocycles. The van der Waals surface area contributed by atoms with Gasteiger partial charge in [0.25, 0.3) is 0 Å². The number of piperazine rings is 2. The van der Waals surface area contributed by atoms with Crippen molar-refractivity contribution in [2.45, 2.75) is 88.8 Å². The Labute approximate surface area is 419 Å². The summed E-state index contributed by atoms with van der Waals surface area (Å²) in [6.07, 6.45) is 0.361. The summed E-state index contributed by atoms with van der Waals surface area (Å²) in [7, 11) is 0. The number of nitrogens with one attached hydrogen (secondary N) is 4.